The Balaban J connectivity index is 1.79. The molecule has 2 unspecified atom stereocenters. The number of nitrogens with one attached hydrogen (secondary N) is 4. The van der Waals surface area contributed by atoms with Crippen molar-refractivity contribution in [1.29, 1.82) is 0 Å². The fraction of sp³-hybridized carbons (Fsp3) is 0.500. The zero-order valence-electron chi connectivity index (χ0n) is 16.3. The van der Waals surface area contributed by atoms with Gasteiger partial charge in [0.2, 0.25) is 10.0 Å². The lowest BCUT2D eigenvalue weighted by Crippen LogP contribution is -2.45. The van der Waals surface area contributed by atoms with E-state index in [1.54, 1.807) is 25.3 Å². The SMILES string of the molecule is COc1cc(OC)c2[nH]c(=O)c(CCNS(=O)(=O)C3C(C)NNC3C)cc2c1. The van der Waals surface area contributed by atoms with Gasteiger partial charge in [0.1, 0.15) is 16.7 Å². The second kappa shape index (κ2) is 8.08. The molecule has 0 spiro atoms. The molecule has 3 rings (SSSR count). The third kappa shape index (κ3) is 4.00. The van der Waals surface area contributed by atoms with Crippen LogP contribution >= 0.6 is 0 Å². The summed E-state index contributed by atoms with van der Waals surface area (Å²) in [7, 11) is -0.462. The number of H-pyrrole nitrogens is 1. The van der Waals surface area contributed by atoms with E-state index >= 15 is 0 Å². The van der Waals surface area contributed by atoms with E-state index in [2.05, 4.69) is 20.6 Å². The fourth-order valence-corrected chi connectivity index (χ4v) is 5.38. The molecule has 9 nitrogen and oxygen atoms in total. The number of hydrogen-bond donors (Lipinski definition) is 4. The number of pyridine rings is 1. The first-order chi connectivity index (χ1) is 13.3. The summed E-state index contributed by atoms with van der Waals surface area (Å²) in [5.74, 6) is 1.11. The number of fused-ring (bicyclic) bond motifs is 1. The van der Waals surface area contributed by atoms with Gasteiger partial charge in [-0.25, -0.2) is 13.1 Å². The van der Waals surface area contributed by atoms with E-state index in [0.717, 1.165) is 5.39 Å². The van der Waals surface area contributed by atoms with Gasteiger partial charge in [-0.15, -0.1) is 0 Å². The van der Waals surface area contributed by atoms with Crippen LogP contribution in [0, 0.1) is 0 Å². The van der Waals surface area contributed by atoms with E-state index in [1.165, 1.54) is 7.11 Å². The van der Waals surface area contributed by atoms with Gasteiger partial charge in [-0.2, -0.15) is 0 Å². The highest BCUT2D eigenvalue weighted by Gasteiger charge is 2.39. The smallest absolute Gasteiger partial charge is 0.251 e. The molecule has 28 heavy (non-hydrogen) atoms. The molecule has 2 atom stereocenters. The van der Waals surface area contributed by atoms with Crippen molar-refractivity contribution in [2.45, 2.75) is 37.6 Å². The van der Waals surface area contributed by atoms with Crippen molar-refractivity contribution in [2.24, 2.45) is 0 Å². The highest BCUT2D eigenvalue weighted by molar-refractivity contribution is 7.90. The topological polar surface area (TPSA) is 122 Å². The Morgan fingerprint density at radius 1 is 1.07 bits per heavy atom. The van der Waals surface area contributed by atoms with Crippen LogP contribution in [0.3, 0.4) is 0 Å². The van der Waals surface area contributed by atoms with E-state index in [9.17, 15) is 13.2 Å². The van der Waals surface area contributed by atoms with E-state index in [1.807, 2.05) is 13.8 Å². The van der Waals surface area contributed by atoms with Crippen LogP contribution < -0.4 is 30.6 Å². The van der Waals surface area contributed by atoms with Crippen molar-refractivity contribution in [1.82, 2.24) is 20.6 Å². The average molecular weight is 410 g/mol. The van der Waals surface area contributed by atoms with Crippen molar-refractivity contribution in [2.75, 3.05) is 20.8 Å². The minimum atomic E-state index is -3.53. The van der Waals surface area contributed by atoms with Gasteiger partial charge in [0, 0.05) is 35.6 Å². The van der Waals surface area contributed by atoms with E-state index in [0.29, 0.717) is 22.6 Å². The number of methoxy groups -OCH3 is 2. The zero-order chi connectivity index (χ0) is 20.5. The van der Waals surface area contributed by atoms with Gasteiger partial charge in [0.15, 0.2) is 0 Å². The van der Waals surface area contributed by atoms with Crippen molar-refractivity contribution >= 4 is 20.9 Å². The molecule has 1 fully saturated rings. The van der Waals surface area contributed by atoms with Gasteiger partial charge in [-0.1, -0.05) is 0 Å². The Morgan fingerprint density at radius 2 is 1.75 bits per heavy atom. The van der Waals surface area contributed by atoms with Crippen LogP contribution in [0.4, 0.5) is 0 Å². The molecule has 154 valence electrons. The molecule has 0 aliphatic carbocycles. The number of sulfonamides is 1. The summed E-state index contributed by atoms with van der Waals surface area (Å²) in [6.45, 7) is 3.76. The summed E-state index contributed by atoms with van der Waals surface area (Å²) in [5, 5.41) is 0.163. The van der Waals surface area contributed by atoms with Crippen LogP contribution in [0.25, 0.3) is 10.9 Å². The second-order valence-electron chi connectivity index (χ2n) is 6.94. The monoisotopic (exact) mass is 410 g/mol. The van der Waals surface area contributed by atoms with Crippen LogP contribution in [-0.2, 0) is 16.4 Å². The second-order valence-corrected chi connectivity index (χ2v) is 8.86. The van der Waals surface area contributed by atoms with Crippen LogP contribution in [0.5, 0.6) is 11.5 Å². The molecule has 1 aromatic heterocycles. The molecule has 1 saturated heterocycles. The van der Waals surface area contributed by atoms with Crippen LogP contribution in [0.2, 0.25) is 0 Å². The third-order valence-electron chi connectivity index (χ3n) is 5.00. The first kappa shape index (κ1) is 20.6. The Kier molecular flexibility index (Phi) is 5.94. The minimum absolute atomic E-state index is 0.133. The lowest BCUT2D eigenvalue weighted by molar-refractivity contribution is 0.397. The Hall–Kier alpha value is -2.14. The summed E-state index contributed by atoms with van der Waals surface area (Å²) in [6, 6.07) is 4.80. The lowest BCUT2D eigenvalue weighted by atomic mass is 10.1. The molecule has 2 heterocycles. The summed E-state index contributed by atoms with van der Waals surface area (Å²) in [4.78, 5) is 15.2. The molecular weight excluding hydrogens is 384 g/mol. The maximum absolute atomic E-state index is 12.6. The number of aromatic amines is 1. The predicted molar refractivity (Wildman–Crippen MR) is 107 cm³/mol. The first-order valence-corrected chi connectivity index (χ1v) is 10.6. The van der Waals surface area contributed by atoms with Crippen molar-refractivity contribution in [3.63, 3.8) is 0 Å². The lowest BCUT2D eigenvalue weighted by Gasteiger charge is -2.19. The van der Waals surface area contributed by atoms with Gasteiger partial charge >= 0.3 is 0 Å². The molecule has 0 amide bonds. The summed E-state index contributed by atoms with van der Waals surface area (Å²) in [6.07, 6.45) is 0.264. The molecular formula is C18H26N4O5S. The van der Waals surface area contributed by atoms with Gasteiger partial charge in [-0.05, 0) is 32.4 Å². The molecule has 4 N–H and O–H groups in total. The maximum atomic E-state index is 12.6. The standard InChI is InChI=1S/C18H26N4O5S/c1-10-17(11(2)22-21-10)28(24,25)19-6-5-12-7-13-8-14(26-3)9-15(27-4)16(13)20-18(12)23/h7-11,17,19,21-22H,5-6H2,1-4H3,(H,20,23). The summed E-state index contributed by atoms with van der Waals surface area (Å²) >= 11 is 0. The van der Waals surface area contributed by atoms with E-state index in [-0.39, 0.29) is 30.6 Å². The average Bonchev–Trinajstić information content (AvgIpc) is 3.00. The number of rotatable bonds is 7. The molecule has 1 aromatic carbocycles. The summed E-state index contributed by atoms with van der Waals surface area (Å²) in [5.41, 5.74) is 6.65. The molecule has 10 heteroatoms. The number of ether oxygens (including phenoxy) is 2. The minimum Gasteiger partial charge on any atom is -0.497 e. The molecule has 1 aliphatic heterocycles. The van der Waals surface area contributed by atoms with E-state index < -0.39 is 15.3 Å². The van der Waals surface area contributed by atoms with Crippen LogP contribution in [0.15, 0.2) is 23.0 Å². The maximum Gasteiger partial charge on any atom is 0.251 e. The van der Waals surface area contributed by atoms with Crippen molar-refractivity contribution < 1.29 is 17.9 Å². The molecule has 2 aromatic rings. The van der Waals surface area contributed by atoms with Gasteiger partial charge < -0.3 is 14.5 Å². The normalized spacial score (nSPS) is 22.5. The first-order valence-electron chi connectivity index (χ1n) is 9.04. The largest absolute Gasteiger partial charge is 0.497 e. The molecule has 1 aliphatic rings. The van der Waals surface area contributed by atoms with Crippen LogP contribution in [0.1, 0.15) is 19.4 Å². The number of aromatic nitrogens is 1. The van der Waals surface area contributed by atoms with E-state index in [4.69, 9.17) is 9.47 Å². The molecule has 0 radical (unpaired) electrons. The Labute approximate surface area is 163 Å². The van der Waals surface area contributed by atoms with Gasteiger partial charge in [0.05, 0.1) is 19.7 Å². The Bertz CT molecular complexity index is 1010. The highest BCUT2D eigenvalue weighted by Crippen LogP contribution is 2.29. The number of hydrazine groups is 1. The van der Waals surface area contributed by atoms with Crippen LogP contribution in [-0.4, -0.2) is 51.5 Å². The quantitative estimate of drug-likeness (QED) is 0.517. The molecule has 0 bridgehead atoms. The molecule has 0 saturated carbocycles. The Morgan fingerprint density at radius 3 is 2.36 bits per heavy atom. The van der Waals surface area contributed by atoms with Crippen molar-refractivity contribution in [3.05, 3.63) is 34.1 Å². The summed E-state index contributed by atoms with van der Waals surface area (Å²) < 4.78 is 38.4. The number of hydrogen-bond acceptors (Lipinski definition) is 7. The van der Waals surface area contributed by atoms with Gasteiger partial charge in [0.25, 0.3) is 5.56 Å². The predicted octanol–water partition coefficient (Wildman–Crippen LogP) is 0.261. The van der Waals surface area contributed by atoms with Gasteiger partial charge in [-0.3, -0.25) is 15.6 Å². The fourth-order valence-electron chi connectivity index (χ4n) is 3.59. The third-order valence-corrected chi connectivity index (χ3v) is 7.14. The number of benzene rings is 1. The zero-order valence-corrected chi connectivity index (χ0v) is 17.1. The highest BCUT2D eigenvalue weighted by atomic mass is 32.2. The van der Waals surface area contributed by atoms with Crippen molar-refractivity contribution in [3.8, 4) is 11.5 Å².